The van der Waals surface area contributed by atoms with E-state index < -0.39 is 9.84 Å². The lowest BCUT2D eigenvalue weighted by atomic mass is 9.98. The summed E-state index contributed by atoms with van der Waals surface area (Å²) >= 11 is 0. The SMILES string of the molecule is CCNC(C)(CO)CCN1CCS(=O)(=O)CC1C. The summed E-state index contributed by atoms with van der Waals surface area (Å²) in [5.74, 6) is 0.512. The Labute approximate surface area is 110 Å². The molecule has 108 valence electrons. The highest BCUT2D eigenvalue weighted by atomic mass is 32.2. The molecule has 1 fully saturated rings. The zero-order chi connectivity index (χ0) is 13.8. The number of nitrogens with one attached hydrogen (secondary N) is 1. The quantitative estimate of drug-likeness (QED) is 0.707. The number of aliphatic hydroxyl groups is 1. The Morgan fingerprint density at radius 3 is 2.67 bits per heavy atom. The summed E-state index contributed by atoms with van der Waals surface area (Å²) in [5.41, 5.74) is -0.273. The normalized spacial score (nSPS) is 27.9. The maximum atomic E-state index is 11.5. The number of hydrogen-bond donors (Lipinski definition) is 2. The van der Waals surface area contributed by atoms with Crippen LogP contribution < -0.4 is 5.32 Å². The summed E-state index contributed by atoms with van der Waals surface area (Å²) in [4.78, 5) is 2.20. The Balaban J connectivity index is 2.49. The van der Waals surface area contributed by atoms with Crippen LogP contribution in [0.4, 0.5) is 0 Å². The van der Waals surface area contributed by atoms with Crippen LogP contribution in [0, 0.1) is 0 Å². The number of hydrogen-bond acceptors (Lipinski definition) is 5. The summed E-state index contributed by atoms with van der Waals surface area (Å²) in [6, 6.07) is 0.0771. The molecule has 2 atom stereocenters. The molecule has 0 spiro atoms. The van der Waals surface area contributed by atoms with E-state index in [-0.39, 0.29) is 29.7 Å². The van der Waals surface area contributed by atoms with Gasteiger partial charge in [-0.15, -0.1) is 0 Å². The molecule has 1 saturated heterocycles. The fourth-order valence-corrected chi connectivity index (χ4v) is 4.03. The highest BCUT2D eigenvalue weighted by Crippen LogP contribution is 2.15. The third kappa shape index (κ3) is 4.50. The number of aliphatic hydroxyl groups excluding tert-OH is 1. The highest BCUT2D eigenvalue weighted by Gasteiger charge is 2.30. The molecule has 1 aliphatic heterocycles. The molecule has 0 aromatic heterocycles. The van der Waals surface area contributed by atoms with Gasteiger partial charge < -0.3 is 10.4 Å². The Morgan fingerprint density at radius 2 is 2.17 bits per heavy atom. The lowest BCUT2D eigenvalue weighted by molar-refractivity contribution is 0.137. The first-order valence-electron chi connectivity index (χ1n) is 6.62. The summed E-state index contributed by atoms with van der Waals surface area (Å²) in [6.07, 6.45) is 0.821. The standard InChI is InChI=1S/C12H26N2O3S/c1-4-13-12(3,10-15)5-6-14-7-8-18(16,17)9-11(14)2/h11,13,15H,4-10H2,1-3H3. The predicted molar refractivity (Wildman–Crippen MR) is 73.5 cm³/mol. The van der Waals surface area contributed by atoms with Gasteiger partial charge in [-0.1, -0.05) is 6.92 Å². The van der Waals surface area contributed by atoms with Crippen LogP contribution in [0.1, 0.15) is 27.2 Å². The van der Waals surface area contributed by atoms with E-state index in [4.69, 9.17) is 0 Å². The van der Waals surface area contributed by atoms with Crippen molar-refractivity contribution in [2.24, 2.45) is 0 Å². The van der Waals surface area contributed by atoms with E-state index in [0.717, 1.165) is 19.5 Å². The Hall–Kier alpha value is -0.170. The molecule has 6 heteroatoms. The van der Waals surface area contributed by atoms with E-state index in [1.54, 1.807) is 0 Å². The molecule has 1 heterocycles. The van der Waals surface area contributed by atoms with Gasteiger partial charge in [-0.3, -0.25) is 4.90 Å². The van der Waals surface area contributed by atoms with Gasteiger partial charge in [-0.05, 0) is 26.8 Å². The van der Waals surface area contributed by atoms with Crippen LogP contribution in [-0.4, -0.2) is 67.8 Å². The summed E-state index contributed by atoms with van der Waals surface area (Å²) < 4.78 is 23.0. The third-order valence-electron chi connectivity index (χ3n) is 3.71. The zero-order valence-electron chi connectivity index (χ0n) is 11.6. The van der Waals surface area contributed by atoms with Gasteiger partial charge in [0.05, 0.1) is 18.1 Å². The van der Waals surface area contributed by atoms with Crippen LogP contribution in [-0.2, 0) is 9.84 Å². The minimum absolute atomic E-state index is 0.0771. The van der Waals surface area contributed by atoms with Crippen molar-refractivity contribution < 1.29 is 13.5 Å². The van der Waals surface area contributed by atoms with Crippen molar-refractivity contribution in [3.05, 3.63) is 0 Å². The van der Waals surface area contributed by atoms with E-state index in [1.165, 1.54) is 0 Å². The molecule has 0 saturated carbocycles. The van der Waals surface area contributed by atoms with Crippen LogP contribution in [0.5, 0.6) is 0 Å². The molecule has 5 nitrogen and oxygen atoms in total. The molecule has 0 radical (unpaired) electrons. The van der Waals surface area contributed by atoms with Gasteiger partial charge >= 0.3 is 0 Å². The largest absolute Gasteiger partial charge is 0.394 e. The van der Waals surface area contributed by atoms with Crippen molar-refractivity contribution in [3.63, 3.8) is 0 Å². The lowest BCUT2D eigenvalue weighted by Gasteiger charge is -2.36. The molecule has 1 aliphatic rings. The number of nitrogens with zero attached hydrogens (tertiary/aromatic N) is 1. The van der Waals surface area contributed by atoms with Crippen LogP contribution in [0.15, 0.2) is 0 Å². The Bertz CT molecular complexity index is 358. The molecule has 0 aromatic rings. The molecule has 0 amide bonds. The number of likely N-dealkylation sites (N-methyl/N-ethyl adjacent to an activating group) is 1. The van der Waals surface area contributed by atoms with E-state index >= 15 is 0 Å². The van der Waals surface area contributed by atoms with Gasteiger partial charge in [-0.2, -0.15) is 0 Å². The van der Waals surface area contributed by atoms with Gasteiger partial charge in [0.2, 0.25) is 0 Å². The minimum Gasteiger partial charge on any atom is -0.394 e. The number of sulfone groups is 1. The van der Waals surface area contributed by atoms with E-state index in [1.807, 2.05) is 20.8 Å². The zero-order valence-corrected chi connectivity index (χ0v) is 12.5. The van der Waals surface area contributed by atoms with Crippen molar-refractivity contribution in [3.8, 4) is 0 Å². The Kier molecular flexibility index (Phi) is 5.58. The second-order valence-electron chi connectivity index (χ2n) is 5.50. The van der Waals surface area contributed by atoms with Crippen molar-refractivity contribution in [1.29, 1.82) is 0 Å². The first kappa shape index (κ1) is 15.9. The summed E-state index contributed by atoms with van der Waals surface area (Å²) in [7, 11) is -2.84. The fraction of sp³-hybridized carbons (Fsp3) is 1.00. The van der Waals surface area contributed by atoms with Crippen LogP contribution >= 0.6 is 0 Å². The molecule has 1 rings (SSSR count). The smallest absolute Gasteiger partial charge is 0.153 e. The van der Waals surface area contributed by atoms with E-state index in [0.29, 0.717) is 6.54 Å². The van der Waals surface area contributed by atoms with Crippen molar-refractivity contribution in [2.45, 2.75) is 38.8 Å². The molecular formula is C12H26N2O3S. The highest BCUT2D eigenvalue weighted by molar-refractivity contribution is 7.91. The van der Waals surface area contributed by atoms with Gasteiger partial charge in [0.25, 0.3) is 0 Å². The van der Waals surface area contributed by atoms with Gasteiger partial charge in [0.1, 0.15) is 0 Å². The summed E-state index contributed by atoms with van der Waals surface area (Å²) in [6.45, 7) is 8.33. The second kappa shape index (κ2) is 6.32. The van der Waals surface area contributed by atoms with E-state index in [2.05, 4.69) is 10.2 Å². The molecule has 18 heavy (non-hydrogen) atoms. The topological polar surface area (TPSA) is 69.6 Å². The molecule has 2 unspecified atom stereocenters. The van der Waals surface area contributed by atoms with Crippen LogP contribution in [0.3, 0.4) is 0 Å². The number of rotatable bonds is 6. The van der Waals surface area contributed by atoms with Crippen LogP contribution in [0.25, 0.3) is 0 Å². The minimum atomic E-state index is -2.84. The van der Waals surface area contributed by atoms with E-state index in [9.17, 15) is 13.5 Å². The molecule has 0 aromatic carbocycles. The molecule has 0 bridgehead atoms. The third-order valence-corrected chi connectivity index (χ3v) is 5.51. The molecule has 2 N–H and O–H groups in total. The summed E-state index contributed by atoms with van der Waals surface area (Å²) in [5, 5.41) is 12.7. The van der Waals surface area contributed by atoms with Crippen LogP contribution in [0.2, 0.25) is 0 Å². The first-order valence-corrected chi connectivity index (χ1v) is 8.44. The second-order valence-corrected chi connectivity index (χ2v) is 7.73. The van der Waals surface area contributed by atoms with Crippen molar-refractivity contribution in [2.75, 3.05) is 37.7 Å². The van der Waals surface area contributed by atoms with Gasteiger partial charge in [-0.25, -0.2) is 8.42 Å². The van der Waals surface area contributed by atoms with Gasteiger partial charge in [0.15, 0.2) is 9.84 Å². The Morgan fingerprint density at radius 1 is 1.50 bits per heavy atom. The molecular weight excluding hydrogens is 252 g/mol. The van der Waals surface area contributed by atoms with Crippen molar-refractivity contribution in [1.82, 2.24) is 10.2 Å². The fourth-order valence-electron chi connectivity index (χ4n) is 2.41. The molecule has 0 aliphatic carbocycles. The maximum Gasteiger partial charge on any atom is 0.153 e. The predicted octanol–water partition coefficient (Wildman–Crippen LogP) is -0.144. The lowest BCUT2D eigenvalue weighted by Crippen LogP contribution is -2.52. The monoisotopic (exact) mass is 278 g/mol. The van der Waals surface area contributed by atoms with Gasteiger partial charge in [0, 0.05) is 24.7 Å². The average Bonchev–Trinajstić information content (AvgIpc) is 2.27. The maximum absolute atomic E-state index is 11.5. The van der Waals surface area contributed by atoms with Crippen molar-refractivity contribution >= 4 is 9.84 Å². The average molecular weight is 278 g/mol. The first-order chi connectivity index (χ1) is 8.32.